The molecule has 0 heterocycles. The summed E-state index contributed by atoms with van der Waals surface area (Å²) >= 11 is 4.95. The Morgan fingerprint density at radius 1 is 1.80 bits per heavy atom. The van der Waals surface area contributed by atoms with Crippen LogP contribution in [0.5, 0.6) is 0 Å². The van der Waals surface area contributed by atoms with Crippen molar-refractivity contribution in [3.8, 4) is 12.3 Å². The summed E-state index contributed by atoms with van der Waals surface area (Å²) in [5.41, 5.74) is 0. The van der Waals surface area contributed by atoms with E-state index in [-0.39, 0.29) is 23.1 Å². The van der Waals surface area contributed by atoms with E-state index >= 15 is 0 Å². The van der Waals surface area contributed by atoms with E-state index in [1.807, 2.05) is 0 Å². The van der Waals surface area contributed by atoms with Gasteiger partial charge in [0.15, 0.2) is 0 Å². The molecule has 0 aliphatic carbocycles. The normalized spacial score (nSPS) is 4.00. The Labute approximate surface area is 53.0 Å². The van der Waals surface area contributed by atoms with E-state index in [2.05, 4.69) is 12.3 Å². The van der Waals surface area contributed by atoms with E-state index < -0.39 is 0 Å². The lowest BCUT2D eigenvalue weighted by Gasteiger charge is -1.50. The molecule has 0 aromatic heterocycles. The van der Waals surface area contributed by atoms with Gasteiger partial charge in [-0.2, -0.15) is 0 Å². The molecule has 0 saturated heterocycles. The van der Waals surface area contributed by atoms with Gasteiger partial charge in [0.05, 0.1) is 5.88 Å². The second-order valence-electron chi connectivity index (χ2n) is 0.338. The van der Waals surface area contributed by atoms with Gasteiger partial charge in [0.25, 0.3) is 0 Å². The molecule has 0 atom stereocenters. The molecule has 0 nitrogen and oxygen atoms in total. The molecule has 0 amide bonds. The summed E-state index contributed by atoms with van der Waals surface area (Å²) in [5, 5.41) is 0. The first kappa shape index (κ1) is 9.15. The Bertz CT molecular complexity index is 36.6. The molecule has 0 aromatic rings. The molecule has 0 saturated carbocycles. The highest BCUT2D eigenvalue weighted by Crippen LogP contribution is 1.61. The van der Waals surface area contributed by atoms with Gasteiger partial charge in [-0.3, -0.25) is 0 Å². The average Bonchev–Trinajstić information content (AvgIpc) is 1.37. The van der Waals surface area contributed by atoms with Crippen LogP contribution in [0.15, 0.2) is 0 Å². The van der Waals surface area contributed by atoms with Gasteiger partial charge >= 0.3 is 23.1 Å². The molecule has 0 aliphatic rings. The lowest BCUT2D eigenvalue weighted by Crippen LogP contribution is -1.47. The van der Waals surface area contributed by atoms with Crippen molar-refractivity contribution in [3.63, 3.8) is 0 Å². The molecule has 0 bridgehead atoms. The Balaban J connectivity index is 0. The number of halogens is 1. The van der Waals surface area contributed by atoms with Crippen LogP contribution in [-0.4, -0.2) is 28.9 Å². The van der Waals surface area contributed by atoms with Gasteiger partial charge in [0.2, 0.25) is 0 Å². The van der Waals surface area contributed by atoms with Crippen LogP contribution in [0.4, 0.5) is 0 Å². The van der Waals surface area contributed by atoms with Gasteiger partial charge < -0.3 is 0 Å². The van der Waals surface area contributed by atoms with Crippen molar-refractivity contribution in [1.29, 1.82) is 0 Å². The molecular formula is C3H5ClMg. The molecule has 0 aromatic carbocycles. The minimum absolute atomic E-state index is 0. The molecule has 2 heteroatoms. The summed E-state index contributed by atoms with van der Waals surface area (Å²) in [4.78, 5) is 0. The molecule has 0 N–H and O–H groups in total. The standard InChI is InChI=1S/C3H3Cl.Mg.2H/c1-2-3-4;;;/h1H,3H2;;;. The number of rotatable bonds is 0. The maximum Gasteiger partial charge on any atom is 0.316 e. The fourth-order valence-corrected chi connectivity index (χ4v) is 0. The quantitative estimate of drug-likeness (QED) is 0.228. The van der Waals surface area contributed by atoms with Crippen LogP contribution < -0.4 is 0 Å². The van der Waals surface area contributed by atoms with Crippen molar-refractivity contribution in [2.24, 2.45) is 0 Å². The zero-order chi connectivity index (χ0) is 3.41. The van der Waals surface area contributed by atoms with Gasteiger partial charge in [0.1, 0.15) is 0 Å². The molecule has 0 spiro atoms. The Morgan fingerprint density at radius 2 is 2.00 bits per heavy atom. The molecule has 0 fully saturated rings. The summed E-state index contributed by atoms with van der Waals surface area (Å²) in [6.07, 6.45) is 4.65. The predicted molar refractivity (Wildman–Crippen MR) is 28.1 cm³/mol. The first-order valence-corrected chi connectivity index (χ1v) is 1.44. The fourth-order valence-electron chi connectivity index (χ4n) is 0. The van der Waals surface area contributed by atoms with E-state index in [1.54, 1.807) is 0 Å². The summed E-state index contributed by atoms with van der Waals surface area (Å²) in [6, 6.07) is 0. The van der Waals surface area contributed by atoms with Crippen LogP contribution in [0, 0.1) is 12.3 Å². The van der Waals surface area contributed by atoms with Crippen LogP contribution in [0.25, 0.3) is 0 Å². The van der Waals surface area contributed by atoms with Gasteiger partial charge in [0, 0.05) is 0 Å². The highest BCUT2D eigenvalue weighted by molar-refractivity contribution is 6.19. The number of hydrogen-bond acceptors (Lipinski definition) is 0. The van der Waals surface area contributed by atoms with Crippen molar-refractivity contribution >= 4 is 34.7 Å². The Hall–Kier alpha value is 0.616. The summed E-state index contributed by atoms with van der Waals surface area (Å²) in [7, 11) is 0. The van der Waals surface area contributed by atoms with Gasteiger partial charge in [-0.1, -0.05) is 5.92 Å². The number of terminal acetylenes is 1. The molecule has 0 radical (unpaired) electrons. The van der Waals surface area contributed by atoms with Gasteiger partial charge in [-0.25, -0.2) is 0 Å². The SMILES string of the molecule is C#CCCl.[MgH2]. The van der Waals surface area contributed by atoms with Crippen LogP contribution in [0.1, 0.15) is 0 Å². The first-order valence-electron chi connectivity index (χ1n) is 0.909. The molecular weight excluding hydrogens is 95.8 g/mol. The van der Waals surface area contributed by atoms with Crippen molar-refractivity contribution in [2.75, 3.05) is 5.88 Å². The van der Waals surface area contributed by atoms with E-state index in [4.69, 9.17) is 11.6 Å². The van der Waals surface area contributed by atoms with Crippen LogP contribution >= 0.6 is 11.6 Å². The van der Waals surface area contributed by atoms with Crippen LogP contribution in [-0.2, 0) is 0 Å². The van der Waals surface area contributed by atoms with Crippen molar-refractivity contribution in [1.82, 2.24) is 0 Å². The smallest absolute Gasteiger partial charge is 0.119 e. The monoisotopic (exact) mass is 100.0 g/mol. The summed E-state index contributed by atoms with van der Waals surface area (Å²) in [6.45, 7) is 0. The third kappa shape index (κ3) is 12.1. The second kappa shape index (κ2) is 8.82. The second-order valence-corrected chi connectivity index (χ2v) is 0.605. The van der Waals surface area contributed by atoms with E-state index in [0.717, 1.165) is 0 Å². The van der Waals surface area contributed by atoms with Crippen LogP contribution in [0.2, 0.25) is 0 Å². The van der Waals surface area contributed by atoms with E-state index in [1.165, 1.54) is 0 Å². The topological polar surface area (TPSA) is 0 Å². The number of hydrogen-bond donors (Lipinski definition) is 0. The third-order valence-electron chi connectivity index (χ3n) is 0.0772. The Kier molecular flexibility index (Phi) is 16.1. The fraction of sp³-hybridized carbons (Fsp3) is 0.333. The van der Waals surface area contributed by atoms with E-state index in [9.17, 15) is 0 Å². The first-order chi connectivity index (χ1) is 1.91. The van der Waals surface area contributed by atoms with Crippen molar-refractivity contribution in [2.45, 2.75) is 0 Å². The largest absolute Gasteiger partial charge is 0.316 e. The van der Waals surface area contributed by atoms with E-state index in [0.29, 0.717) is 5.88 Å². The summed E-state index contributed by atoms with van der Waals surface area (Å²) in [5.74, 6) is 2.52. The van der Waals surface area contributed by atoms with Gasteiger partial charge in [-0.05, 0) is 0 Å². The summed E-state index contributed by atoms with van der Waals surface area (Å²) < 4.78 is 0. The lowest BCUT2D eigenvalue weighted by molar-refractivity contribution is 1.94. The molecule has 0 rings (SSSR count). The lowest BCUT2D eigenvalue weighted by atomic mass is 10.8. The average molecular weight is 101 g/mol. The molecule has 0 unspecified atom stereocenters. The molecule has 0 aliphatic heterocycles. The predicted octanol–water partition coefficient (Wildman–Crippen LogP) is -0.0578. The molecule has 5 heavy (non-hydrogen) atoms. The maximum absolute atomic E-state index is 4.95. The highest BCUT2D eigenvalue weighted by atomic mass is 35.5. The van der Waals surface area contributed by atoms with Crippen molar-refractivity contribution < 1.29 is 0 Å². The zero-order valence-electron chi connectivity index (χ0n) is 2.16. The van der Waals surface area contributed by atoms with Gasteiger partial charge in [-0.15, -0.1) is 18.0 Å². The van der Waals surface area contributed by atoms with Crippen LogP contribution in [0.3, 0.4) is 0 Å². The minimum Gasteiger partial charge on any atom is -0.119 e. The number of alkyl halides is 1. The highest BCUT2D eigenvalue weighted by Gasteiger charge is 1.46. The minimum atomic E-state index is 0. The van der Waals surface area contributed by atoms with Crippen molar-refractivity contribution in [3.05, 3.63) is 0 Å². The third-order valence-corrected chi connectivity index (χ3v) is 0.231. The zero-order valence-corrected chi connectivity index (χ0v) is 2.92. The Morgan fingerprint density at radius 3 is 2.00 bits per heavy atom. The maximum atomic E-state index is 4.95. The molecule has 26 valence electrons.